The van der Waals surface area contributed by atoms with Crippen molar-refractivity contribution in [1.82, 2.24) is 4.98 Å². The first-order valence-electron chi connectivity index (χ1n) is 12.3. The molecule has 3 heterocycles. The van der Waals surface area contributed by atoms with E-state index in [-0.39, 0.29) is 16.6 Å². The Morgan fingerprint density at radius 1 is 1.03 bits per heavy atom. The molecule has 3 aliphatic carbocycles. The minimum Gasteiger partial charge on any atom is -0.390 e. The summed E-state index contributed by atoms with van der Waals surface area (Å²) in [6.07, 6.45) is 13.8. The van der Waals surface area contributed by atoms with E-state index in [4.69, 9.17) is 4.74 Å². The Hall–Kier alpha value is -2.01. The number of pyridine rings is 1. The van der Waals surface area contributed by atoms with Crippen molar-refractivity contribution in [3.05, 3.63) is 65.5 Å². The molecule has 0 radical (unpaired) electrons. The number of aliphatic hydroxyl groups excluding tert-OH is 2. The predicted octanol–water partition coefficient (Wildman–Crippen LogP) is 4.81. The fourth-order valence-electron chi connectivity index (χ4n) is 8.25. The molecular weight excluding hydrogens is 398 g/mol. The van der Waals surface area contributed by atoms with Gasteiger partial charge in [0.25, 0.3) is 0 Å². The number of hydrogen-bond donors (Lipinski definition) is 2. The van der Waals surface area contributed by atoms with Crippen molar-refractivity contribution in [2.24, 2.45) is 11.3 Å². The second kappa shape index (κ2) is 6.31. The van der Waals surface area contributed by atoms with Gasteiger partial charge in [-0.25, -0.2) is 0 Å². The van der Waals surface area contributed by atoms with Gasteiger partial charge in [0, 0.05) is 17.8 Å². The van der Waals surface area contributed by atoms with Crippen molar-refractivity contribution in [1.29, 1.82) is 0 Å². The summed E-state index contributed by atoms with van der Waals surface area (Å²) in [6, 6.07) is 9.01. The van der Waals surface area contributed by atoms with Gasteiger partial charge in [-0.1, -0.05) is 31.2 Å². The molecule has 1 aromatic carbocycles. The van der Waals surface area contributed by atoms with Crippen LogP contribution in [0.25, 0.3) is 10.8 Å². The van der Waals surface area contributed by atoms with Gasteiger partial charge in [0.05, 0.1) is 17.3 Å². The zero-order valence-corrected chi connectivity index (χ0v) is 18.6. The molecule has 0 unspecified atom stereocenters. The topological polar surface area (TPSA) is 62.6 Å². The van der Waals surface area contributed by atoms with Crippen LogP contribution in [0.4, 0.5) is 0 Å². The van der Waals surface area contributed by atoms with Crippen LogP contribution in [0, 0.1) is 11.3 Å². The predicted molar refractivity (Wildman–Crippen MR) is 123 cm³/mol. The van der Waals surface area contributed by atoms with Crippen molar-refractivity contribution >= 4 is 10.8 Å². The number of rotatable bonds is 1. The minimum atomic E-state index is -0.795. The fraction of sp³-hybridized carbons (Fsp3) is 0.536. The van der Waals surface area contributed by atoms with Gasteiger partial charge in [0.2, 0.25) is 0 Å². The van der Waals surface area contributed by atoms with Gasteiger partial charge in [-0.2, -0.15) is 0 Å². The lowest BCUT2D eigenvalue weighted by Gasteiger charge is -2.54. The van der Waals surface area contributed by atoms with Gasteiger partial charge in [0.1, 0.15) is 6.10 Å². The molecule has 0 amide bonds. The number of nitrogens with zero attached hydrogens (tertiary/aromatic N) is 1. The highest BCUT2D eigenvalue weighted by molar-refractivity contribution is 5.82. The molecule has 2 saturated carbocycles. The maximum atomic E-state index is 10.8. The summed E-state index contributed by atoms with van der Waals surface area (Å²) in [4.78, 5) is 4.34. The number of allylic oxidation sites excluding steroid dienone is 1. The lowest BCUT2D eigenvalue weighted by atomic mass is 9.58. The quantitative estimate of drug-likeness (QED) is 0.683. The standard InChI is InChI=1S/C28H31NO3/c1-26-9-6-20-15-22-25(31)23(30)7-10-27(22)11-12-28(20,32-27)24(26)5-4-21(26)18-3-2-17-8-13-29-16-19(17)14-18/h2-3,6,8,13-16,21,23-25,30-31H,4-5,7,9-12H2,1H3/t21-,23-,24-,25-,26-,27+,28-/m1/s1. The van der Waals surface area contributed by atoms with Crippen molar-refractivity contribution in [3.63, 3.8) is 0 Å². The number of aromatic nitrogens is 1. The average molecular weight is 430 g/mol. The van der Waals surface area contributed by atoms with Gasteiger partial charge in [-0.05, 0) is 96.4 Å². The molecule has 7 rings (SSSR count). The molecule has 4 heteroatoms. The van der Waals surface area contributed by atoms with Crippen LogP contribution in [-0.4, -0.2) is 38.6 Å². The zero-order valence-electron chi connectivity index (χ0n) is 18.6. The third-order valence-electron chi connectivity index (χ3n) is 9.86. The molecule has 5 aliphatic rings. The Balaban J connectivity index is 1.31. The second-order valence-electron chi connectivity index (χ2n) is 11.2. The van der Waals surface area contributed by atoms with E-state index in [1.807, 2.05) is 12.4 Å². The van der Waals surface area contributed by atoms with Crippen LogP contribution >= 0.6 is 0 Å². The highest BCUT2D eigenvalue weighted by Gasteiger charge is 2.67. The van der Waals surface area contributed by atoms with Crippen molar-refractivity contribution in [2.75, 3.05) is 0 Å². The van der Waals surface area contributed by atoms with Crippen molar-refractivity contribution in [2.45, 2.75) is 81.2 Å². The van der Waals surface area contributed by atoms with Crippen LogP contribution in [0.5, 0.6) is 0 Å². The summed E-state index contributed by atoms with van der Waals surface area (Å²) in [6.45, 7) is 2.48. The van der Waals surface area contributed by atoms with Gasteiger partial charge < -0.3 is 14.9 Å². The Morgan fingerprint density at radius 3 is 2.84 bits per heavy atom. The fourth-order valence-corrected chi connectivity index (χ4v) is 8.25. The van der Waals surface area contributed by atoms with E-state index in [2.05, 4.69) is 48.3 Å². The first-order chi connectivity index (χ1) is 15.5. The molecule has 2 aromatic rings. The van der Waals surface area contributed by atoms with E-state index in [0.29, 0.717) is 18.3 Å². The maximum absolute atomic E-state index is 10.8. The molecule has 4 nitrogen and oxygen atoms in total. The molecule has 2 bridgehead atoms. The van der Waals surface area contributed by atoms with Crippen LogP contribution in [0.15, 0.2) is 60.0 Å². The third-order valence-corrected chi connectivity index (χ3v) is 9.86. The number of fused-ring (bicyclic) bond motifs is 2. The van der Waals surface area contributed by atoms with E-state index < -0.39 is 12.2 Å². The van der Waals surface area contributed by atoms with E-state index in [1.165, 1.54) is 34.8 Å². The molecule has 3 fully saturated rings. The molecule has 32 heavy (non-hydrogen) atoms. The monoisotopic (exact) mass is 429 g/mol. The summed E-state index contributed by atoms with van der Waals surface area (Å²) in [7, 11) is 0. The summed E-state index contributed by atoms with van der Waals surface area (Å²) >= 11 is 0. The molecule has 7 atom stereocenters. The van der Waals surface area contributed by atoms with Gasteiger partial charge in [-0.15, -0.1) is 0 Å². The third kappa shape index (κ3) is 2.31. The van der Waals surface area contributed by atoms with Crippen LogP contribution in [-0.2, 0) is 4.74 Å². The summed E-state index contributed by atoms with van der Waals surface area (Å²) in [5.74, 6) is 0.985. The smallest absolute Gasteiger partial charge is 0.104 e. The van der Waals surface area contributed by atoms with Gasteiger partial charge in [-0.3, -0.25) is 4.98 Å². The number of ether oxygens (including phenoxy) is 1. The SMILES string of the molecule is C[C@]12CC=C3C=C4[C@@H](O)[C@H](O)CC[C@]45CC[C@]3(O5)[C@@H]1CC[C@@H]2c1ccc2ccncc2c1. The maximum Gasteiger partial charge on any atom is 0.104 e. The molecule has 1 saturated heterocycles. The van der Waals surface area contributed by atoms with Crippen molar-refractivity contribution < 1.29 is 14.9 Å². The largest absolute Gasteiger partial charge is 0.390 e. The minimum absolute atomic E-state index is 0.156. The van der Waals surface area contributed by atoms with Crippen LogP contribution in [0.1, 0.15) is 63.4 Å². The molecule has 2 spiro atoms. The Labute approximate surface area is 189 Å². The molecule has 166 valence electrons. The Kier molecular flexibility index (Phi) is 3.84. The number of hydrogen-bond acceptors (Lipinski definition) is 4. The summed E-state index contributed by atoms with van der Waals surface area (Å²) < 4.78 is 7.12. The van der Waals surface area contributed by atoms with Gasteiger partial charge >= 0.3 is 0 Å². The lowest BCUT2D eigenvalue weighted by Crippen LogP contribution is -2.56. The van der Waals surface area contributed by atoms with E-state index in [9.17, 15) is 10.2 Å². The molecule has 2 N–H and O–H groups in total. The zero-order chi connectivity index (χ0) is 21.7. The van der Waals surface area contributed by atoms with E-state index in [0.717, 1.165) is 31.3 Å². The number of benzene rings is 1. The van der Waals surface area contributed by atoms with Crippen LogP contribution in [0.2, 0.25) is 0 Å². The normalized spacial score (nSPS) is 44.5. The van der Waals surface area contributed by atoms with Crippen molar-refractivity contribution in [3.8, 4) is 0 Å². The first kappa shape index (κ1) is 19.5. The number of aliphatic hydroxyl groups is 2. The highest BCUT2D eigenvalue weighted by atomic mass is 16.5. The highest BCUT2D eigenvalue weighted by Crippen LogP contribution is 2.69. The molecule has 2 aliphatic heterocycles. The lowest BCUT2D eigenvalue weighted by molar-refractivity contribution is -0.152. The van der Waals surface area contributed by atoms with Gasteiger partial charge in [0.15, 0.2) is 0 Å². The summed E-state index contributed by atoms with van der Waals surface area (Å²) in [5.41, 5.74) is 3.17. The average Bonchev–Trinajstić information content (AvgIpc) is 3.32. The second-order valence-corrected chi connectivity index (χ2v) is 11.2. The van der Waals surface area contributed by atoms with E-state index >= 15 is 0 Å². The summed E-state index contributed by atoms with van der Waals surface area (Å²) in [5, 5.41) is 23.5. The Morgan fingerprint density at radius 2 is 1.94 bits per heavy atom. The van der Waals surface area contributed by atoms with E-state index in [1.54, 1.807) is 0 Å². The first-order valence-corrected chi connectivity index (χ1v) is 12.3. The molecule has 1 aromatic heterocycles. The molecular formula is C28H31NO3. The van der Waals surface area contributed by atoms with Crippen LogP contribution < -0.4 is 0 Å². The Bertz CT molecular complexity index is 1190. The van der Waals surface area contributed by atoms with Crippen LogP contribution in [0.3, 0.4) is 0 Å².